The average Bonchev–Trinajstić information content (AvgIpc) is 2.37. The maximum Gasteiger partial charge on any atom is 0.284 e. The molecule has 7 nitrogen and oxygen atoms in total. The van der Waals surface area contributed by atoms with E-state index in [-0.39, 0.29) is 11.6 Å². The summed E-state index contributed by atoms with van der Waals surface area (Å²) < 4.78 is 0. The highest BCUT2D eigenvalue weighted by molar-refractivity contribution is 5.89. The second-order valence-electron chi connectivity index (χ2n) is 1.69. The van der Waals surface area contributed by atoms with Crippen LogP contribution in [0.4, 0.5) is 5.82 Å². The summed E-state index contributed by atoms with van der Waals surface area (Å²) in [6.07, 6.45) is 1.37. The number of hydrogen-bond donors (Lipinski definition) is 3. The number of hydrogen-bond acceptors (Lipinski definition) is 4. The lowest BCUT2D eigenvalue weighted by Gasteiger charge is -1.81. The third-order valence-corrected chi connectivity index (χ3v) is 0.958. The summed E-state index contributed by atoms with van der Waals surface area (Å²) in [5.74, 6) is 4.34. The van der Waals surface area contributed by atoms with Crippen molar-refractivity contribution >= 4 is 11.7 Å². The number of carbonyl (C=O) groups is 1. The number of nitrogens with zero attached hydrogens (tertiary/aromatic N) is 3. The molecule has 7 heteroatoms. The van der Waals surface area contributed by atoms with Gasteiger partial charge in [-0.3, -0.25) is 4.79 Å². The van der Waals surface area contributed by atoms with Crippen LogP contribution < -0.4 is 11.6 Å². The molecule has 1 aromatic heterocycles. The number of primary amides is 1. The highest BCUT2D eigenvalue weighted by Gasteiger charge is 2.04. The quantitative estimate of drug-likeness (QED) is 0.301. The van der Waals surface area contributed by atoms with Gasteiger partial charge in [-0.2, -0.15) is 0 Å². The molecule has 0 aliphatic heterocycles. The topological polar surface area (TPSA) is 123 Å². The minimum Gasteiger partial charge on any atom is -0.363 e. The molecule has 5 N–H and O–H groups in total. The molecule has 0 aliphatic rings. The normalized spacial score (nSPS) is 10.5. The molecular formula is C4H6N6O. The molecule has 0 atom stereocenters. The van der Waals surface area contributed by atoms with Crippen LogP contribution in [-0.2, 0) is 0 Å². The first kappa shape index (κ1) is 7.19. The number of aromatic amines is 1. The lowest BCUT2D eigenvalue weighted by atomic mass is 10.6. The first-order valence-corrected chi connectivity index (χ1v) is 2.70. The molecular weight excluding hydrogens is 148 g/mol. The number of imidazole rings is 1. The average molecular weight is 154 g/mol. The van der Waals surface area contributed by atoms with E-state index in [0.717, 1.165) is 0 Å². The maximum absolute atomic E-state index is 10.4. The van der Waals surface area contributed by atoms with Crippen LogP contribution in [0.2, 0.25) is 0 Å². The van der Waals surface area contributed by atoms with Crippen LogP contribution in [0.3, 0.4) is 0 Å². The van der Waals surface area contributed by atoms with Gasteiger partial charge in [0.1, 0.15) is 0 Å². The van der Waals surface area contributed by atoms with E-state index in [0.29, 0.717) is 0 Å². The Kier molecular flexibility index (Phi) is 1.81. The second kappa shape index (κ2) is 2.78. The largest absolute Gasteiger partial charge is 0.363 e. The van der Waals surface area contributed by atoms with Crippen molar-refractivity contribution in [1.29, 1.82) is 0 Å². The minimum absolute atomic E-state index is 0.0346. The Balaban J connectivity index is 2.90. The third-order valence-electron chi connectivity index (χ3n) is 0.958. The molecule has 1 amide bonds. The van der Waals surface area contributed by atoms with Gasteiger partial charge in [0.05, 0.1) is 0 Å². The number of carbonyl (C=O) groups excluding carboxylic acids is 1. The number of nitrogens with one attached hydrogen (secondary N) is 1. The van der Waals surface area contributed by atoms with E-state index in [4.69, 9.17) is 11.6 Å². The summed E-state index contributed by atoms with van der Waals surface area (Å²) >= 11 is 0. The first-order chi connectivity index (χ1) is 5.24. The van der Waals surface area contributed by atoms with Crippen molar-refractivity contribution in [3.8, 4) is 0 Å². The molecule has 0 spiro atoms. The van der Waals surface area contributed by atoms with Crippen LogP contribution in [0, 0.1) is 0 Å². The van der Waals surface area contributed by atoms with Crippen molar-refractivity contribution in [2.45, 2.75) is 0 Å². The van der Waals surface area contributed by atoms with Gasteiger partial charge in [0.2, 0.25) is 0 Å². The zero-order valence-corrected chi connectivity index (χ0v) is 5.48. The summed E-state index contributed by atoms with van der Waals surface area (Å²) in [6.45, 7) is 0. The van der Waals surface area contributed by atoms with Gasteiger partial charge in [-0.15, -0.1) is 5.11 Å². The Bertz CT molecular complexity index is 289. The van der Waals surface area contributed by atoms with E-state index in [1.807, 2.05) is 0 Å². The zero-order valence-electron chi connectivity index (χ0n) is 5.48. The fourth-order valence-corrected chi connectivity index (χ4v) is 0.549. The summed E-state index contributed by atoms with van der Waals surface area (Å²) in [5, 5.41) is 6.33. The zero-order chi connectivity index (χ0) is 8.27. The molecule has 0 saturated carbocycles. The molecule has 1 aromatic rings. The maximum atomic E-state index is 10.4. The predicted octanol–water partition coefficient (Wildman–Crippen LogP) is -0.534. The van der Waals surface area contributed by atoms with Crippen LogP contribution in [0.15, 0.2) is 16.5 Å². The lowest BCUT2D eigenvalue weighted by Crippen LogP contribution is -2.12. The Hall–Kier alpha value is -1.92. The highest BCUT2D eigenvalue weighted by Crippen LogP contribution is 2.05. The molecule has 0 bridgehead atoms. The Morgan fingerprint density at radius 3 is 2.91 bits per heavy atom. The van der Waals surface area contributed by atoms with Gasteiger partial charge < -0.3 is 16.6 Å². The van der Waals surface area contributed by atoms with E-state index in [2.05, 4.69) is 20.3 Å². The molecule has 1 rings (SSSR count). The molecule has 0 saturated heterocycles. The standard InChI is InChI=1S/C4H6N6O/c5-3(11)4-7-1-2(8-4)9-10-6/h1H,(H2,5,11)(H2,6,9)(H,7,8). The predicted molar refractivity (Wildman–Crippen MR) is 35.8 cm³/mol. The van der Waals surface area contributed by atoms with Gasteiger partial charge in [0, 0.05) is 6.20 Å². The van der Waals surface area contributed by atoms with Gasteiger partial charge in [0.15, 0.2) is 11.6 Å². The fraction of sp³-hybridized carbons (Fsp3) is 0. The van der Waals surface area contributed by atoms with Crippen molar-refractivity contribution in [2.24, 2.45) is 21.9 Å². The lowest BCUT2D eigenvalue weighted by molar-refractivity contribution is 0.0991. The van der Waals surface area contributed by atoms with Gasteiger partial charge in [-0.05, 0) is 0 Å². The van der Waals surface area contributed by atoms with Crippen LogP contribution in [0.25, 0.3) is 0 Å². The van der Waals surface area contributed by atoms with E-state index in [1.54, 1.807) is 0 Å². The molecule has 1 heterocycles. The van der Waals surface area contributed by atoms with Crippen molar-refractivity contribution in [2.75, 3.05) is 0 Å². The molecule has 58 valence electrons. The van der Waals surface area contributed by atoms with Crippen molar-refractivity contribution < 1.29 is 4.79 Å². The third kappa shape index (κ3) is 1.51. The Morgan fingerprint density at radius 1 is 1.73 bits per heavy atom. The SMILES string of the molecule is NN=Nc1c[nH]c(C(N)=O)n1. The number of rotatable bonds is 2. The van der Waals surface area contributed by atoms with E-state index < -0.39 is 5.91 Å². The summed E-state index contributed by atoms with van der Waals surface area (Å²) in [6, 6.07) is 0. The summed E-state index contributed by atoms with van der Waals surface area (Å²) in [5.41, 5.74) is 4.89. The number of H-pyrrole nitrogens is 1. The molecule has 0 radical (unpaired) electrons. The van der Waals surface area contributed by atoms with Crippen LogP contribution in [0.5, 0.6) is 0 Å². The van der Waals surface area contributed by atoms with E-state index in [9.17, 15) is 4.79 Å². The number of nitrogens with two attached hydrogens (primary N) is 2. The van der Waals surface area contributed by atoms with Gasteiger partial charge in [-0.1, -0.05) is 5.22 Å². The van der Waals surface area contributed by atoms with Crippen molar-refractivity contribution in [3.63, 3.8) is 0 Å². The molecule has 11 heavy (non-hydrogen) atoms. The second-order valence-corrected chi connectivity index (χ2v) is 1.69. The highest BCUT2D eigenvalue weighted by atomic mass is 16.1. The number of aromatic nitrogens is 2. The van der Waals surface area contributed by atoms with Gasteiger partial charge >= 0.3 is 0 Å². The van der Waals surface area contributed by atoms with Gasteiger partial charge in [-0.25, -0.2) is 4.98 Å². The van der Waals surface area contributed by atoms with E-state index >= 15 is 0 Å². The molecule has 0 fully saturated rings. The van der Waals surface area contributed by atoms with Crippen LogP contribution in [-0.4, -0.2) is 15.9 Å². The smallest absolute Gasteiger partial charge is 0.284 e. The Morgan fingerprint density at radius 2 is 2.45 bits per heavy atom. The van der Waals surface area contributed by atoms with Crippen molar-refractivity contribution in [3.05, 3.63) is 12.0 Å². The number of amides is 1. The van der Waals surface area contributed by atoms with E-state index in [1.165, 1.54) is 6.20 Å². The molecule has 0 aliphatic carbocycles. The summed E-state index contributed by atoms with van der Waals surface area (Å²) in [4.78, 5) is 16.6. The molecule has 0 unspecified atom stereocenters. The van der Waals surface area contributed by atoms with Gasteiger partial charge in [0.25, 0.3) is 5.91 Å². The molecule has 0 aromatic carbocycles. The van der Waals surface area contributed by atoms with Crippen LogP contribution >= 0.6 is 0 Å². The summed E-state index contributed by atoms with van der Waals surface area (Å²) in [7, 11) is 0. The monoisotopic (exact) mass is 154 g/mol. The minimum atomic E-state index is -0.650. The van der Waals surface area contributed by atoms with Crippen LogP contribution in [0.1, 0.15) is 10.6 Å². The Labute approximate surface area is 61.5 Å². The van der Waals surface area contributed by atoms with Crippen molar-refractivity contribution in [1.82, 2.24) is 9.97 Å². The first-order valence-electron chi connectivity index (χ1n) is 2.70. The fourth-order valence-electron chi connectivity index (χ4n) is 0.549.